The maximum Gasteiger partial charge on any atom is 0.410 e. The minimum atomic E-state index is -0.438. The largest absolute Gasteiger partial charge is 0.444 e. The maximum atomic E-state index is 12.3. The predicted molar refractivity (Wildman–Crippen MR) is 92.0 cm³/mol. The lowest BCUT2D eigenvalue weighted by atomic mass is 9.79. The zero-order valence-corrected chi connectivity index (χ0v) is 15.6. The minimum Gasteiger partial charge on any atom is -0.444 e. The van der Waals surface area contributed by atoms with Crippen LogP contribution in [0.2, 0.25) is 0 Å². The number of rotatable bonds is 5. The van der Waals surface area contributed by atoms with Gasteiger partial charge in [-0.15, -0.1) is 0 Å². The molecule has 0 radical (unpaired) electrons. The Morgan fingerprint density at radius 2 is 1.86 bits per heavy atom. The van der Waals surface area contributed by atoms with Crippen LogP contribution < -0.4 is 5.32 Å². The van der Waals surface area contributed by atoms with Crippen molar-refractivity contribution in [1.82, 2.24) is 10.2 Å². The number of ether oxygens (including phenoxy) is 1. The summed E-state index contributed by atoms with van der Waals surface area (Å²) in [6, 6.07) is 0.751. The van der Waals surface area contributed by atoms with E-state index in [0.717, 1.165) is 18.4 Å². The van der Waals surface area contributed by atoms with Crippen molar-refractivity contribution in [2.24, 2.45) is 11.8 Å². The summed E-state index contributed by atoms with van der Waals surface area (Å²) < 4.78 is 5.49. The highest BCUT2D eigenvalue weighted by atomic mass is 16.6. The van der Waals surface area contributed by atoms with Crippen LogP contribution in [0.3, 0.4) is 0 Å². The zero-order chi connectivity index (χ0) is 16.9. The molecule has 0 bridgehead atoms. The van der Waals surface area contributed by atoms with Gasteiger partial charge < -0.3 is 15.0 Å². The van der Waals surface area contributed by atoms with E-state index in [0.29, 0.717) is 12.6 Å². The number of nitrogens with one attached hydrogen (secondary N) is 1. The highest BCUT2D eigenvalue weighted by Crippen LogP contribution is 2.29. The Kier molecular flexibility index (Phi) is 7.17. The second kappa shape index (κ2) is 8.19. The Morgan fingerprint density at radius 3 is 2.36 bits per heavy atom. The lowest BCUT2D eigenvalue weighted by molar-refractivity contribution is 0.0190. The van der Waals surface area contributed by atoms with E-state index in [9.17, 15) is 4.79 Å². The monoisotopic (exact) mass is 312 g/mol. The van der Waals surface area contributed by atoms with Crippen molar-refractivity contribution in [2.75, 3.05) is 13.1 Å². The van der Waals surface area contributed by atoms with Gasteiger partial charge in [0.1, 0.15) is 5.60 Å². The molecule has 0 saturated heterocycles. The van der Waals surface area contributed by atoms with Crippen LogP contribution >= 0.6 is 0 Å². The smallest absolute Gasteiger partial charge is 0.410 e. The van der Waals surface area contributed by atoms with Crippen LogP contribution in [0.25, 0.3) is 0 Å². The molecule has 1 saturated carbocycles. The van der Waals surface area contributed by atoms with Crippen LogP contribution in [-0.2, 0) is 4.74 Å². The molecule has 4 heteroatoms. The number of carbonyl (C=O) groups excluding carboxylic acids is 1. The van der Waals surface area contributed by atoms with Crippen LogP contribution in [0.4, 0.5) is 4.79 Å². The van der Waals surface area contributed by atoms with Crippen LogP contribution in [0, 0.1) is 11.8 Å². The molecule has 4 nitrogen and oxygen atoms in total. The fraction of sp³-hybridized carbons (Fsp3) is 0.944. The van der Waals surface area contributed by atoms with Gasteiger partial charge in [-0.2, -0.15) is 0 Å². The molecule has 0 aromatic heterocycles. The Bertz CT molecular complexity index is 349. The molecule has 1 aliphatic rings. The van der Waals surface area contributed by atoms with Crippen molar-refractivity contribution >= 4 is 6.09 Å². The third-order valence-electron chi connectivity index (χ3n) is 4.64. The van der Waals surface area contributed by atoms with Gasteiger partial charge in [-0.25, -0.2) is 4.79 Å². The summed E-state index contributed by atoms with van der Waals surface area (Å²) in [6.07, 6.45) is 3.59. The van der Waals surface area contributed by atoms with Gasteiger partial charge in [-0.05, 0) is 65.7 Å². The van der Waals surface area contributed by atoms with E-state index in [2.05, 4.69) is 19.2 Å². The number of amides is 1. The predicted octanol–water partition coefficient (Wildman–Crippen LogP) is 4.05. The highest BCUT2D eigenvalue weighted by molar-refractivity contribution is 5.68. The standard InChI is InChI=1S/C18H36N2O2/c1-13(2)20(17(21)22-18(5,6)7)11-10-19-16-9-8-14(3)15(4)12-16/h13-16,19H,8-12H2,1-7H3. The third kappa shape index (κ3) is 6.55. The van der Waals surface area contributed by atoms with E-state index in [4.69, 9.17) is 4.74 Å². The zero-order valence-electron chi connectivity index (χ0n) is 15.6. The van der Waals surface area contributed by atoms with Gasteiger partial charge in [-0.3, -0.25) is 0 Å². The van der Waals surface area contributed by atoms with Gasteiger partial charge in [0.25, 0.3) is 0 Å². The molecule has 22 heavy (non-hydrogen) atoms. The molecule has 3 atom stereocenters. The SMILES string of the molecule is CC1CCC(NCCN(C(=O)OC(C)(C)C)C(C)C)CC1C. The first kappa shape index (κ1) is 19.3. The van der Waals surface area contributed by atoms with E-state index in [-0.39, 0.29) is 12.1 Å². The first-order valence-corrected chi connectivity index (χ1v) is 8.83. The molecule has 0 spiro atoms. The molecule has 0 aromatic rings. The van der Waals surface area contributed by atoms with Gasteiger partial charge in [-0.1, -0.05) is 13.8 Å². The van der Waals surface area contributed by atoms with Crippen LogP contribution in [-0.4, -0.2) is 41.8 Å². The van der Waals surface area contributed by atoms with Gasteiger partial charge >= 0.3 is 6.09 Å². The molecule has 1 rings (SSSR count). The van der Waals surface area contributed by atoms with E-state index < -0.39 is 5.60 Å². The molecule has 0 aromatic carbocycles. The van der Waals surface area contributed by atoms with Crippen LogP contribution in [0.15, 0.2) is 0 Å². The van der Waals surface area contributed by atoms with Crippen molar-refractivity contribution in [3.05, 3.63) is 0 Å². The van der Waals surface area contributed by atoms with Crippen molar-refractivity contribution in [1.29, 1.82) is 0 Å². The maximum absolute atomic E-state index is 12.3. The topological polar surface area (TPSA) is 41.6 Å². The average molecular weight is 312 g/mol. The molecule has 0 aliphatic heterocycles. The van der Waals surface area contributed by atoms with E-state index in [1.165, 1.54) is 19.3 Å². The second-order valence-corrected chi connectivity index (χ2v) is 8.19. The Balaban J connectivity index is 2.40. The number of hydrogen-bond donors (Lipinski definition) is 1. The van der Waals surface area contributed by atoms with Crippen molar-refractivity contribution in [3.8, 4) is 0 Å². The minimum absolute atomic E-state index is 0.155. The lowest BCUT2D eigenvalue weighted by Gasteiger charge is -2.34. The molecule has 130 valence electrons. The molecular formula is C18H36N2O2. The Hall–Kier alpha value is -0.770. The van der Waals surface area contributed by atoms with E-state index in [1.54, 1.807) is 0 Å². The summed E-state index contributed by atoms with van der Waals surface area (Å²) in [4.78, 5) is 14.1. The van der Waals surface area contributed by atoms with Crippen LogP contribution in [0.5, 0.6) is 0 Å². The van der Waals surface area contributed by atoms with E-state index in [1.807, 2.05) is 39.5 Å². The normalized spacial score (nSPS) is 26.1. The van der Waals surface area contributed by atoms with Crippen LogP contribution in [0.1, 0.15) is 67.7 Å². The summed E-state index contributed by atoms with van der Waals surface area (Å²) in [6.45, 7) is 16.0. The van der Waals surface area contributed by atoms with Crippen molar-refractivity contribution in [3.63, 3.8) is 0 Å². The fourth-order valence-electron chi connectivity index (χ4n) is 3.00. The van der Waals surface area contributed by atoms with Gasteiger partial charge in [0, 0.05) is 25.2 Å². The number of nitrogens with zero attached hydrogens (tertiary/aromatic N) is 1. The highest BCUT2D eigenvalue weighted by Gasteiger charge is 2.26. The van der Waals surface area contributed by atoms with E-state index >= 15 is 0 Å². The summed E-state index contributed by atoms with van der Waals surface area (Å²) >= 11 is 0. The number of carbonyl (C=O) groups is 1. The van der Waals surface area contributed by atoms with Gasteiger partial charge in [0.15, 0.2) is 0 Å². The Labute approximate surface area is 137 Å². The lowest BCUT2D eigenvalue weighted by Crippen LogP contribution is -2.46. The first-order valence-electron chi connectivity index (χ1n) is 8.83. The molecule has 1 N–H and O–H groups in total. The summed E-state index contributed by atoms with van der Waals surface area (Å²) in [5, 5.41) is 3.63. The van der Waals surface area contributed by atoms with Crippen molar-refractivity contribution in [2.45, 2.75) is 85.4 Å². The third-order valence-corrected chi connectivity index (χ3v) is 4.64. The average Bonchev–Trinajstić information content (AvgIpc) is 2.36. The molecule has 1 fully saturated rings. The summed E-state index contributed by atoms with van der Waals surface area (Å²) in [5.74, 6) is 1.63. The summed E-state index contributed by atoms with van der Waals surface area (Å²) in [5.41, 5.74) is -0.438. The van der Waals surface area contributed by atoms with Gasteiger partial charge in [0.05, 0.1) is 0 Å². The molecular weight excluding hydrogens is 276 g/mol. The fourth-order valence-corrected chi connectivity index (χ4v) is 3.00. The molecule has 1 aliphatic carbocycles. The first-order chi connectivity index (χ1) is 10.1. The molecule has 0 heterocycles. The molecule has 3 unspecified atom stereocenters. The van der Waals surface area contributed by atoms with Gasteiger partial charge in [0.2, 0.25) is 0 Å². The molecule has 1 amide bonds. The number of hydrogen-bond acceptors (Lipinski definition) is 3. The Morgan fingerprint density at radius 1 is 1.23 bits per heavy atom. The quantitative estimate of drug-likeness (QED) is 0.833. The summed E-state index contributed by atoms with van der Waals surface area (Å²) in [7, 11) is 0. The second-order valence-electron chi connectivity index (χ2n) is 8.19. The van der Waals surface area contributed by atoms with Crippen molar-refractivity contribution < 1.29 is 9.53 Å².